The highest BCUT2D eigenvalue weighted by Crippen LogP contribution is 2.64. The van der Waals surface area contributed by atoms with E-state index in [9.17, 15) is 59.1 Å². The highest BCUT2D eigenvalue weighted by molar-refractivity contribution is 5.96. The van der Waals surface area contributed by atoms with Crippen LogP contribution in [0.4, 0.5) is 4.79 Å². The number of ketones is 1. The van der Waals surface area contributed by atoms with Crippen molar-refractivity contribution >= 4 is 35.7 Å². The van der Waals surface area contributed by atoms with Crippen molar-refractivity contribution in [2.45, 2.75) is 159 Å². The van der Waals surface area contributed by atoms with Crippen molar-refractivity contribution in [2.24, 2.45) is 16.7 Å². The molecule has 7 N–H and O–H groups in total. The van der Waals surface area contributed by atoms with E-state index in [0.29, 0.717) is 12.0 Å². The number of fused-ring (bicyclic) bond motifs is 5. The van der Waals surface area contributed by atoms with Crippen LogP contribution in [0.2, 0.25) is 0 Å². The number of amides is 2. The Morgan fingerprint density at radius 1 is 0.833 bits per heavy atom. The average Bonchev–Trinajstić information content (AvgIpc) is 0.738. The molecule has 2 amide bonds. The highest BCUT2D eigenvalue weighted by atomic mass is 16.6. The van der Waals surface area contributed by atoms with Crippen molar-refractivity contribution in [2.75, 3.05) is 19.8 Å². The standard InChI is InChI=1S/C61H72N4O19/c1-33-30-65(44-27-39(68)41(31-66)80-44)57(77)64(53(33)73)26-18-10-17-25-62-56(76)82-48-45-34(2)40(81-55(75)47(70)46(36-19-11-7-12-20-36)63-52(72)37-21-13-8-14-22-37)29-61(78,58(45,4)5)51(83-54(74)38-23-15-9-16-24-38)49-59(6,50(48)71)42(69)28-43-60(49,32-79-43)84-35(3)67/h7-9,11-16,19-24,30,39-44,46-49,51,66,68-70,78H,10,17-18,25-29,31-32H2,1-6H3,(H,62,76)(H,63,72)/t39?,40-,41-,42-,43+,44-,46-,47+,48+,49-,51-,59?,60-,61+/m0/s1. The number of esters is 3. The van der Waals surface area contributed by atoms with Gasteiger partial charge in [-0.25, -0.2) is 19.2 Å². The monoisotopic (exact) mass is 1160 g/mol. The van der Waals surface area contributed by atoms with Crippen LogP contribution >= 0.6 is 0 Å². The zero-order valence-corrected chi connectivity index (χ0v) is 47.5. The molecule has 23 heteroatoms. The molecule has 3 heterocycles. The zero-order chi connectivity index (χ0) is 60.6. The Bertz CT molecular complexity index is 3300. The predicted octanol–water partition coefficient (Wildman–Crippen LogP) is 3.04. The van der Waals surface area contributed by atoms with Gasteiger partial charge in [0.25, 0.3) is 11.5 Å². The van der Waals surface area contributed by atoms with Gasteiger partial charge in [-0.15, -0.1) is 0 Å². The molecule has 9 rings (SSSR count). The summed E-state index contributed by atoms with van der Waals surface area (Å²) >= 11 is 0. The van der Waals surface area contributed by atoms with E-state index >= 15 is 4.79 Å². The first-order valence-corrected chi connectivity index (χ1v) is 28.1. The average molecular weight is 1170 g/mol. The van der Waals surface area contributed by atoms with Crippen LogP contribution in [0, 0.1) is 23.7 Å². The molecule has 3 aromatic carbocycles. The molecule has 2 unspecified atom stereocenters. The Kier molecular flexibility index (Phi) is 17.7. The van der Waals surface area contributed by atoms with Crippen molar-refractivity contribution in [1.29, 1.82) is 0 Å². The predicted molar refractivity (Wildman–Crippen MR) is 296 cm³/mol. The van der Waals surface area contributed by atoms with E-state index in [1.807, 2.05) is 0 Å². The number of aryl methyl sites for hydroxylation is 1. The van der Waals surface area contributed by atoms with Gasteiger partial charge in [-0.1, -0.05) is 80.6 Å². The van der Waals surface area contributed by atoms with Gasteiger partial charge in [0.05, 0.1) is 48.4 Å². The quantitative estimate of drug-likeness (QED) is 0.0326. The maximum Gasteiger partial charge on any atom is 0.408 e. The van der Waals surface area contributed by atoms with Crippen LogP contribution in [0.25, 0.3) is 0 Å². The van der Waals surface area contributed by atoms with Crippen LogP contribution in [0.15, 0.2) is 118 Å². The van der Waals surface area contributed by atoms with Crippen molar-refractivity contribution < 1.29 is 82.7 Å². The van der Waals surface area contributed by atoms with Crippen molar-refractivity contribution in [1.82, 2.24) is 19.8 Å². The summed E-state index contributed by atoms with van der Waals surface area (Å²) in [6.45, 7) is 7.61. The van der Waals surface area contributed by atoms with E-state index in [2.05, 4.69) is 10.6 Å². The van der Waals surface area contributed by atoms with Gasteiger partial charge in [-0.05, 0) is 81.0 Å². The van der Waals surface area contributed by atoms with E-state index in [1.54, 1.807) is 78.9 Å². The van der Waals surface area contributed by atoms with Crippen LogP contribution in [-0.4, -0.2) is 150 Å². The largest absolute Gasteiger partial charge is 0.456 e. The number of aliphatic hydroxyl groups excluding tert-OH is 4. The first-order chi connectivity index (χ1) is 39.9. The lowest BCUT2D eigenvalue weighted by Gasteiger charge is -2.67. The molecule has 2 saturated carbocycles. The van der Waals surface area contributed by atoms with Gasteiger partial charge in [0, 0.05) is 62.0 Å². The summed E-state index contributed by atoms with van der Waals surface area (Å²) < 4.78 is 39.0. The number of aromatic nitrogens is 2. The normalized spacial score (nSPS) is 30.2. The molecular weight excluding hydrogens is 1090 g/mol. The molecule has 2 bridgehead atoms. The second kappa shape index (κ2) is 24.3. The van der Waals surface area contributed by atoms with Gasteiger partial charge in [0.2, 0.25) is 0 Å². The van der Waals surface area contributed by atoms with Gasteiger partial charge >= 0.3 is 29.7 Å². The van der Waals surface area contributed by atoms with E-state index in [-0.39, 0.29) is 73.2 Å². The van der Waals surface area contributed by atoms with Gasteiger partial charge < -0.3 is 64.6 Å². The SMILES string of the molecule is CC(=O)O[C@@]12CO[C@@H]1C[C@H](O)C1(C)C(=O)[C@H](OC(=O)NCCCCCn3c(=O)c(C)cn([C@@H]4CC(O)[C@H](CO)O4)c3=O)C3=C(C)[C@@H](OC(=O)[C@H](O)[C@@H](NC(=O)c4ccccc4)c4ccccc4)C[C@@](O)([C@@H](OC(=O)c4ccccc4)[C@@H]12)C3(C)C. The van der Waals surface area contributed by atoms with Crippen molar-refractivity contribution in [3.8, 4) is 0 Å². The fourth-order valence-corrected chi connectivity index (χ4v) is 13.1. The number of alkyl carbamates (subject to hydrolysis) is 1. The van der Waals surface area contributed by atoms with Gasteiger partial charge in [-0.3, -0.25) is 28.3 Å². The maximum absolute atomic E-state index is 16.2. The molecule has 23 nitrogen and oxygen atoms in total. The number of carbonyl (C=O) groups is 6. The van der Waals surface area contributed by atoms with E-state index in [4.69, 9.17) is 28.4 Å². The first-order valence-electron chi connectivity index (χ1n) is 28.1. The van der Waals surface area contributed by atoms with Crippen LogP contribution in [0.3, 0.4) is 0 Å². The number of hydrogen-bond acceptors (Lipinski definition) is 19. The van der Waals surface area contributed by atoms with Gasteiger partial charge in [0.1, 0.15) is 36.2 Å². The third-order valence-electron chi connectivity index (χ3n) is 17.8. The molecular formula is C61H72N4O19. The Morgan fingerprint density at radius 2 is 1.48 bits per heavy atom. The minimum atomic E-state index is -2.52. The molecule has 84 heavy (non-hydrogen) atoms. The number of aliphatic hydroxyl groups is 5. The zero-order valence-electron chi connectivity index (χ0n) is 47.5. The lowest BCUT2D eigenvalue weighted by Crippen LogP contribution is -2.82. The van der Waals surface area contributed by atoms with Gasteiger partial charge in [-0.2, -0.15) is 0 Å². The second-order valence-electron chi connectivity index (χ2n) is 23.2. The van der Waals surface area contributed by atoms with E-state index in [1.165, 1.54) is 57.5 Å². The maximum atomic E-state index is 16.2. The third kappa shape index (κ3) is 11.1. The van der Waals surface area contributed by atoms with Crippen LogP contribution in [0.1, 0.15) is 117 Å². The smallest absolute Gasteiger partial charge is 0.408 e. The molecule has 2 saturated heterocycles. The number of nitrogens with one attached hydrogen (secondary N) is 2. The number of Topliss-reactive ketones (excluding diaryl/α,β-unsaturated/α-hetero) is 1. The minimum Gasteiger partial charge on any atom is -0.456 e. The molecule has 4 aromatic rings. The lowest BCUT2D eigenvalue weighted by atomic mass is 9.44. The molecule has 2 aliphatic heterocycles. The minimum absolute atomic E-state index is 0.0189. The summed E-state index contributed by atoms with van der Waals surface area (Å²) in [5, 5.41) is 63.8. The molecule has 0 spiro atoms. The molecule has 4 fully saturated rings. The Morgan fingerprint density at radius 3 is 2.08 bits per heavy atom. The Labute approximate surface area is 483 Å². The lowest BCUT2D eigenvalue weighted by molar-refractivity contribution is -0.345. The summed E-state index contributed by atoms with van der Waals surface area (Å²) in [5.41, 5.74) is -8.86. The summed E-state index contributed by atoms with van der Waals surface area (Å²) in [7, 11) is 0. The highest BCUT2D eigenvalue weighted by Gasteiger charge is 2.78. The fourth-order valence-electron chi connectivity index (χ4n) is 13.1. The Hall–Kier alpha value is -7.38. The first kappa shape index (κ1) is 61.2. The van der Waals surface area contributed by atoms with Crippen LogP contribution < -0.4 is 21.9 Å². The molecule has 5 aliphatic rings. The molecule has 3 aliphatic carbocycles. The van der Waals surface area contributed by atoms with Crippen molar-refractivity contribution in [3.63, 3.8) is 0 Å². The number of hydrogen-bond donors (Lipinski definition) is 7. The van der Waals surface area contributed by atoms with Crippen LogP contribution in [-0.2, 0) is 49.3 Å². The Balaban J connectivity index is 1.06. The molecule has 0 radical (unpaired) electrons. The number of unbranched alkanes of at least 4 members (excludes halogenated alkanes) is 2. The van der Waals surface area contributed by atoms with E-state index < -0.39 is 149 Å². The summed E-state index contributed by atoms with van der Waals surface area (Å²) in [6.07, 6.45) is -13.1. The third-order valence-corrected chi connectivity index (χ3v) is 17.8. The molecule has 1 aromatic heterocycles. The number of ether oxygens (including phenoxy) is 6. The summed E-state index contributed by atoms with van der Waals surface area (Å²) in [4.78, 5) is 113. The van der Waals surface area contributed by atoms with Crippen molar-refractivity contribution in [3.05, 3.63) is 151 Å². The van der Waals surface area contributed by atoms with E-state index in [0.717, 1.165) is 11.5 Å². The summed E-state index contributed by atoms with van der Waals surface area (Å²) in [6, 6.07) is 22.5. The number of carbonyl (C=O) groups excluding carboxylic acids is 6. The van der Waals surface area contributed by atoms with Gasteiger partial charge in [0.15, 0.2) is 23.6 Å². The number of benzene rings is 3. The summed E-state index contributed by atoms with van der Waals surface area (Å²) in [5.74, 6) is -6.39. The number of nitrogens with zero attached hydrogens (tertiary/aromatic N) is 2. The number of rotatable bonds is 18. The second-order valence-corrected chi connectivity index (χ2v) is 23.2. The topological polar surface area (TPSA) is 327 Å². The molecule has 14 atom stereocenters. The fraction of sp³-hybridized carbons (Fsp3) is 0.508. The van der Waals surface area contributed by atoms with Crippen LogP contribution in [0.5, 0.6) is 0 Å². The molecule has 450 valence electrons.